The molecular weight excluding hydrogens is 252 g/mol. The van der Waals surface area contributed by atoms with E-state index < -0.39 is 0 Å². The Balaban J connectivity index is 1.96. The number of rotatable bonds is 5. The van der Waals surface area contributed by atoms with E-state index in [2.05, 4.69) is 5.32 Å². The summed E-state index contributed by atoms with van der Waals surface area (Å²) in [5, 5.41) is 3.24. The normalized spacial score (nSPS) is 18.3. The second-order valence-corrected chi connectivity index (χ2v) is 5.66. The van der Waals surface area contributed by atoms with Crippen LogP contribution in [0.3, 0.4) is 0 Å². The highest BCUT2D eigenvalue weighted by Crippen LogP contribution is 2.17. The first kappa shape index (κ1) is 14.9. The minimum absolute atomic E-state index is 0.00454. The first-order valence-electron chi connectivity index (χ1n) is 7.30. The molecule has 20 heavy (non-hydrogen) atoms. The highest BCUT2D eigenvalue weighted by Gasteiger charge is 2.24. The van der Waals surface area contributed by atoms with Gasteiger partial charge < -0.3 is 15.0 Å². The molecule has 1 aliphatic rings. The molecular formula is C16H24N2O2. The first-order chi connectivity index (χ1) is 9.56. The number of hydrogen-bond donors (Lipinski definition) is 1. The van der Waals surface area contributed by atoms with Gasteiger partial charge in [0.25, 0.3) is 0 Å². The number of carbonyl (C=O) groups is 1. The Morgan fingerprint density at radius 2 is 2.30 bits per heavy atom. The topological polar surface area (TPSA) is 41.6 Å². The summed E-state index contributed by atoms with van der Waals surface area (Å²) >= 11 is 0. The third-order valence-electron chi connectivity index (χ3n) is 3.42. The number of benzene rings is 1. The van der Waals surface area contributed by atoms with Gasteiger partial charge in [-0.15, -0.1) is 0 Å². The average molecular weight is 276 g/mol. The largest absolute Gasteiger partial charge is 0.491 e. The fourth-order valence-corrected chi connectivity index (χ4v) is 2.50. The Morgan fingerprint density at radius 3 is 2.95 bits per heavy atom. The molecule has 1 saturated heterocycles. The zero-order valence-electron chi connectivity index (χ0n) is 12.6. The lowest BCUT2D eigenvalue weighted by Gasteiger charge is -2.21. The Hall–Kier alpha value is -1.55. The van der Waals surface area contributed by atoms with Crippen LogP contribution in [0.4, 0.5) is 0 Å². The van der Waals surface area contributed by atoms with Crippen molar-refractivity contribution >= 4 is 5.91 Å². The van der Waals surface area contributed by atoms with Crippen LogP contribution >= 0.6 is 0 Å². The number of ether oxygens (including phenoxy) is 1. The van der Waals surface area contributed by atoms with Crippen molar-refractivity contribution in [2.45, 2.75) is 45.4 Å². The molecule has 0 unspecified atom stereocenters. The Labute approximate surface area is 121 Å². The van der Waals surface area contributed by atoms with Crippen molar-refractivity contribution in [1.29, 1.82) is 0 Å². The summed E-state index contributed by atoms with van der Waals surface area (Å²) in [6.07, 6.45) is 2.19. The van der Waals surface area contributed by atoms with Crippen LogP contribution in [0, 0.1) is 0 Å². The van der Waals surface area contributed by atoms with Crippen molar-refractivity contribution in [3.8, 4) is 5.75 Å². The minimum Gasteiger partial charge on any atom is -0.491 e. The van der Waals surface area contributed by atoms with Gasteiger partial charge in [0.15, 0.2) is 0 Å². The molecule has 4 nitrogen and oxygen atoms in total. The summed E-state index contributed by atoms with van der Waals surface area (Å²) in [6, 6.07) is 7.95. The molecule has 1 aromatic carbocycles. The van der Waals surface area contributed by atoms with E-state index in [4.69, 9.17) is 4.74 Å². The number of hydrogen-bond acceptors (Lipinski definition) is 3. The van der Waals surface area contributed by atoms with Crippen molar-refractivity contribution in [2.75, 3.05) is 13.6 Å². The lowest BCUT2D eigenvalue weighted by Crippen LogP contribution is -2.41. The van der Waals surface area contributed by atoms with Crippen LogP contribution in [0.5, 0.6) is 5.75 Å². The molecule has 0 aliphatic carbocycles. The SMILES string of the molecule is CC(C)Oc1cccc(CN(C)C(=O)[C@H]2CCCN2)c1. The van der Waals surface area contributed by atoms with Crippen LogP contribution < -0.4 is 10.1 Å². The Bertz CT molecular complexity index is 454. The van der Waals surface area contributed by atoms with E-state index in [0.717, 1.165) is 30.7 Å². The standard InChI is InChI=1S/C16H24N2O2/c1-12(2)20-14-7-4-6-13(10-14)11-18(3)16(19)15-8-5-9-17-15/h4,6-7,10,12,15,17H,5,8-9,11H2,1-3H3/t15-/m1/s1. The quantitative estimate of drug-likeness (QED) is 0.896. The highest BCUT2D eigenvalue weighted by molar-refractivity contribution is 5.81. The molecule has 4 heteroatoms. The van der Waals surface area contributed by atoms with Gasteiger partial charge >= 0.3 is 0 Å². The van der Waals surface area contributed by atoms with Crippen LogP contribution in [-0.2, 0) is 11.3 Å². The number of amides is 1. The second-order valence-electron chi connectivity index (χ2n) is 5.66. The van der Waals surface area contributed by atoms with Gasteiger partial charge in [0.1, 0.15) is 5.75 Å². The maximum atomic E-state index is 12.2. The first-order valence-corrected chi connectivity index (χ1v) is 7.30. The Kier molecular flexibility index (Phi) is 5.01. The van der Waals surface area contributed by atoms with Gasteiger partial charge in [-0.2, -0.15) is 0 Å². The van der Waals surface area contributed by atoms with E-state index in [0.29, 0.717) is 6.54 Å². The van der Waals surface area contributed by atoms with Crippen molar-refractivity contribution in [2.24, 2.45) is 0 Å². The van der Waals surface area contributed by atoms with Crippen LogP contribution in [0.25, 0.3) is 0 Å². The average Bonchev–Trinajstić information content (AvgIpc) is 2.91. The molecule has 1 N–H and O–H groups in total. The van der Waals surface area contributed by atoms with Gasteiger partial charge in [-0.3, -0.25) is 4.79 Å². The van der Waals surface area contributed by atoms with Gasteiger partial charge in [-0.1, -0.05) is 12.1 Å². The molecule has 1 aliphatic heterocycles. The van der Waals surface area contributed by atoms with Gasteiger partial charge in [-0.05, 0) is 50.9 Å². The summed E-state index contributed by atoms with van der Waals surface area (Å²) in [4.78, 5) is 14.0. The summed E-state index contributed by atoms with van der Waals surface area (Å²) in [6.45, 7) is 5.58. The van der Waals surface area contributed by atoms with E-state index in [-0.39, 0.29) is 18.1 Å². The third-order valence-corrected chi connectivity index (χ3v) is 3.42. The van der Waals surface area contributed by atoms with Crippen molar-refractivity contribution in [3.05, 3.63) is 29.8 Å². The van der Waals surface area contributed by atoms with E-state index in [1.165, 1.54) is 0 Å². The number of nitrogens with zero attached hydrogens (tertiary/aromatic N) is 1. The zero-order valence-corrected chi connectivity index (χ0v) is 12.6. The van der Waals surface area contributed by atoms with Crippen LogP contribution in [0.15, 0.2) is 24.3 Å². The van der Waals surface area contributed by atoms with Gasteiger partial charge in [0.05, 0.1) is 12.1 Å². The van der Waals surface area contributed by atoms with Crippen molar-refractivity contribution in [3.63, 3.8) is 0 Å². The molecule has 1 amide bonds. The molecule has 1 aromatic rings. The lowest BCUT2D eigenvalue weighted by molar-refractivity contribution is -0.132. The molecule has 110 valence electrons. The summed E-state index contributed by atoms with van der Waals surface area (Å²) in [5.74, 6) is 1.04. The summed E-state index contributed by atoms with van der Waals surface area (Å²) < 4.78 is 5.68. The predicted octanol–water partition coefficient (Wildman–Crippen LogP) is 2.18. The molecule has 0 bridgehead atoms. The molecule has 1 fully saturated rings. The molecule has 2 rings (SSSR count). The second kappa shape index (κ2) is 6.75. The number of likely N-dealkylation sites (N-methyl/N-ethyl adjacent to an activating group) is 1. The molecule has 1 heterocycles. The fourth-order valence-electron chi connectivity index (χ4n) is 2.50. The van der Waals surface area contributed by atoms with Crippen LogP contribution in [-0.4, -0.2) is 36.5 Å². The maximum Gasteiger partial charge on any atom is 0.239 e. The Morgan fingerprint density at radius 1 is 1.50 bits per heavy atom. The highest BCUT2D eigenvalue weighted by atomic mass is 16.5. The molecule has 1 atom stereocenters. The summed E-state index contributed by atoms with van der Waals surface area (Å²) in [5.41, 5.74) is 1.09. The molecule has 0 aromatic heterocycles. The molecule has 0 spiro atoms. The van der Waals surface area contributed by atoms with Crippen molar-refractivity contribution < 1.29 is 9.53 Å². The zero-order chi connectivity index (χ0) is 14.5. The van der Waals surface area contributed by atoms with E-state index >= 15 is 0 Å². The smallest absolute Gasteiger partial charge is 0.239 e. The monoisotopic (exact) mass is 276 g/mol. The van der Waals surface area contributed by atoms with E-state index in [1.807, 2.05) is 45.2 Å². The van der Waals surface area contributed by atoms with Gasteiger partial charge in [0, 0.05) is 13.6 Å². The third kappa shape index (κ3) is 3.97. The number of carbonyl (C=O) groups excluding carboxylic acids is 1. The minimum atomic E-state index is -0.00454. The maximum absolute atomic E-state index is 12.2. The van der Waals surface area contributed by atoms with Crippen LogP contribution in [0.2, 0.25) is 0 Å². The van der Waals surface area contributed by atoms with E-state index in [9.17, 15) is 4.79 Å². The predicted molar refractivity (Wildman–Crippen MR) is 79.7 cm³/mol. The van der Waals surface area contributed by atoms with Gasteiger partial charge in [0.2, 0.25) is 5.91 Å². The fraction of sp³-hybridized carbons (Fsp3) is 0.562. The van der Waals surface area contributed by atoms with Crippen molar-refractivity contribution in [1.82, 2.24) is 10.2 Å². The number of nitrogens with one attached hydrogen (secondary N) is 1. The van der Waals surface area contributed by atoms with Crippen LogP contribution in [0.1, 0.15) is 32.3 Å². The summed E-state index contributed by atoms with van der Waals surface area (Å²) in [7, 11) is 1.86. The van der Waals surface area contributed by atoms with E-state index in [1.54, 1.807) is 4.90 Å². The molecule has 0 saturated carbocycles. The van der Waals surface area contributed by atoms with Gasteiger partial charge in [-0.25, -0.2) is 0 Å². The molecule has 0 radical (unpaired) electrons. The lowest BCUT2D eigenvalue weighted by atomic mass is 10.1.